The molecule has 0 fully saturated rings. The van der Waals surface area contributed by atoms with Gasteiger partial charge in [-0.3, -0.25) is 0 Å². The molecule has 1 N–H and O–H groups in total. The van der Waals surface area contributed by atoms with Crippen molar-refractivity contribution in [3.8, 4) is 0 Å². The molecule has 0 bridgehead atoms. The average molecular weight is 225 g/mol. The molecule has 1 aromatic rings. The molecule has 4 heteroatoms. The fraction of sp³-hybridized carbons (Fsp3) is 0.417. The number of hydrogen-bond donors (Lipinski definition) is 1. The van der Waals surface area contributed by atoms with E-state index in [0.717, 1.165) is 25.2 Å². The molecule has 3 nitrogen and oxygen atoms in total. The molecule has 0 aliphatic heterocycles. The highest BCUT2D eigenvalue weighted by Crippen LogP contribution is 2.18. The highest BCUT2D eigenvalue weighted by Gasteiger charge is 2.12. The van der Waals surface area contributed by atoms with Gasteiger partial charge in [-0.05, 0) is 31.5 Å². The van der Waals surface area contributed by atoms with E-state index in [9.17, 15) is 9.18 Å². The van der Waals surface area contributed by atoms with Gasteiger partial charge in [0.05, 0.1) is 5.56 Å². The predicted octanol–water partition coefficient (Wildman–Crippen LogP) is 2.76. The summed E-state index contributed by atoms with van der Waals surface area (Å²) in [5, 5.41) is 8.70. The van der Waals surface area contributed by atoms with Crippen LogP contribution >= 0.6 is 0 Å². The van der Waals surface area contributed by atoms with Gasteiger partial charge in [0.1, 0.15) is 5.82 Å². The van der Waals surface area contributed by atoms with Crippen molar-refractivity contribution in [1.29, 1.82) is 0 Å². The molecule has 16 heavy (non-hydrogen) atoms. The van der Waals surface area contributed by atoms with E-state index in [4.69, 9.17) is 5.11 Å². The van der Waals surface area contributed by atoms with Crippen molar-refractivity contribution in [2.24, 2.45) is 0 Å². The molecule has 0 aliphatic carbocycles. The zero-order valence-electron chi connectivity index (χ0n) is 9.53. The third kappa shape index (κ3) is 2.72. The lowest BCUT2D eigenvalue weighted by atomic mass is 10.1. The van der Waals surface area contributed by atoms with Crippen molar-refractivity contribution in [3.05, 3.63) is 29.6 Å². The number of hydrogen-bond acceptors (Lipinski definition) is 2. The van der Waals surface area contributed by atoms with Crippen LogP contribution in [0.2, 0.25) is 0 Å². The molecule has 0 heterocycles. The van der Waals surface area contributed by atoms with Crippen molar-refractivity contribution in [1.82, 2.24) is 0 Å². The first-order chi connectivity index (χ1) is 7.60. The van der Waals surface area contributed by atoms with Crippen LogP contribution in [-0.4, -0.2) is 24.2 Å². The molecule has 0 aliphatic rings. The number of carboxylic acids is 1. The molecule has 0 atom stereocenters. The van der Waals surface area contributed by atoms with Crippen molar-refractivity contribution in [3.63, 3.8) is 0 Å². The first-order valence-corrected chi connectivity index (χ1v) is 5.38. The Morgan fingerprint density at radius 1 is 1.44 bits per heavy atom. The highest BCUT2D eigenvalue weighted by atomic mass is 19.1. The van der Waals surface area contributed by atoms with E-state index in [1.54, 1.807) is 6.07 Å². The van der Waals surface area contributed by atoms with Crippen LogP contribution in [0.1, 0.15) is 30.6 Å². The number of benzene rings is 1. The van der Waals surface area contributed by atoms with Gasteiger partial charge in [-0.15, -0.1) is 0 Å². The first-order valence-electron chi connectivity index (χ1n) is 5.38. The summed E-state index contributed by atoms with van der Waals surface area (Å²) in [5.41, 5.74) is 0.447. The van der Waals surface area contributed by atoms with Gasteiger partial charge in [-0.25, -0.2) is 9.18 Å². The third-order valence-electron chi connectivity index (χ3n) is 2.42. The lowest BCUT2D eigenvalue weighted by Crippen LogP contribution is -2.23. The SMILES string of the molecule is CCCN(CC)c1ccc(C(=O)O)c(F)c1. The van der Waals surface area contributed by atoms with Gasteiger partial charge in [0.15, 0.2) is 0 Å². The van der Waals surface area contributed by atoms with E-state index >= 15 is 0 Å². The molecule has 1 aromatic carbocycles. The quantitative estimate of drug-likeness (QED) is 0.837. The zero-order chi connectivity index (χ0) is 12.1. The van der Waals surface area contributed by atoms with Crippen molar-refractivity contribution in [2.75, 3.05) is 18.0 Å². The maximum atomic E-state index is 13.4. The van der Waals surface area contributed by atoms with Crippen LogP contribution in [0, 0.1) is 5.82 Å². The Hall–Kier alpha value is -1.58. The van der Waals surface area contributed by atoms with Gasteiger partial charge in [-0.2, -0.15) is 0 Å². The summed E-state index contributed by atoms with van der Waals surface area (Å²) in [4.78, 5) is 12.7. The number of rotatable bonds is 5. The maximum absolute atomic E-state index is 13.4. The Morgan fingerprint density at radius 3 is 2.56 bits per heavy atom. The van der Waals surface area contributed by atoms with E-state index < -0.39 is 11.8 Å². The zero-order valence-corrected chi connectivity index (χ0v) is 9.53. The summed E-state index contributed by atoms with van der Waals surface area (Å²) in [6.45, 7) is 5.64. The average Bonchev–Trinajstić information content (AvgIpc) is 2.25. The second-order valence-electron chi connectivity index (χ2n) is 3.55. The van der Waals surface area contributed by atoms with Crippen LogP contribution in [0.5, 0.6) is 0 Å². The second kappa shape index (κ2) is 5.49. The number of aromatic carboxylic acids is 1. The Bertz CT molecular complexity index is 379. The summed E-state index contributed by atoms with van der Waals surface area (Å²) >= 11 is 0. The summed E-state index contributed by atoms with van der Waals surface area (Å²) < 4.78 is 13.4. The van der Waals surface area contributed by atoms with Crippen LogP contribution in [0.25, 0.3) is 0 Å². The molecule has 0 radical (unpaired) electrons. The topological polar surface area (TPSA) is 40.5 Å². The standard InChI is InChI=1S/C12H16FNO2/c1-3-7-14(4-2)9-5-6-10(12(15)16)11(13)8-9/h5-6,8H,3-4,7H2,1-2H3,(H,15,16). The molecular formula is C12H16FNO2. The van der Waals surface area contributed by atoms with E-state index in [1.807, 2.05) is 18.7 Å². The van der Waals surface area contributed by atoms with Crippen LogP contribution in [0.3, 0.4) is 0 Å². The van der Waals surface area contributed by atoms with Crippen LogP contribution in [-0.2, 0) is 0 Å². The fourth-order valence-electron chi connectivity index (χ4n) is 1.61. The van der Waals surface area contributed by atoms with E-state index in [-0.39, 0.29) is 5.56 Å². The summed E-state index contributed by atoms with van der Waals surface area (Å²) in [5.74, 6) is -1.91. The molecule has 0 saturated carbocycles. The fourth-order valence-corrected chi connectivity index (χ4v) is 1.61. The van der Waals surface area contributed by atoms with Crippen LogP contribution in [0.4, 0.5) is 10.1 Å². The lowest BCUT2D eigenvalue weighted by molar-refractivity contribution is 0.0692. The van der Waals surface area contributed by atoms with Crippen LogP contribution in [0.15, 0.2) is 18.2 Å². The van der Waals surface area contributed by atoms with E-state index in [0.29, 0.717) is 0 Å². The number of halogens is 1. The van der Waals surface area contributed by atoms with E-state index in [2.05, 4.69) is 0 Å². The van der Waals surface area contributed by atoms with Gasteiger partial charge in [0.25, 0.3) is 0 Å². The van der Waals surface area contributed by atoms with E-state index in [1.165, 1.54) is 12.1 Å². The van der Waals surface area contributed by atoms with Gasteiger partial charge in [0, 0.05) is 18.8 Å². The largest absolute Gasteiger partial charge is 0.478 e. The summed E-state index contributed by atoms with van der Waals surface area (Å²) in [6, 6.07) is 4.24. The monoisotopic (exact) mass is 225 g/mol. The number of carboxylic acid groups (broad SMARTS) is 1. The minimum Gasteiger partial charge on any atom is -0.478 e. The number of nitrogens with zero attached hydrogens (tertiary/aromatic N) is 1. The molecule has 0 spiro atoms. The molecule has 0 saturated heterocycles. The molecule has 88 valence electrons. The van der Waals surface area contributed by atoms with Gasteiger partial charge in [0.2, 0.25) is 0 Å². The van der Waals surface area contributed by atoms with Crippen molar-refractivity contribution in [2.45, 2.75) is 20.3 Å². The Morgan fingerprint density at radius 2 is 2.12 bits per heavy atom. The lowest BCUT2D eigenvalue weighted by Gasteiger charge is -2.22. The molecule has 0 amide bonds. The smallest absolute Gasteiger partial charge is 0.338 e. The van der Waals surface area contributed by atoms with Gasteiger partial charge in [-0.1, -0.05) is 6.92 Å². The maximum Gasteiger partial charge on any atom is 0.338 e. The van der Waals surface area contributed by atoms with Gasteiger partial charge < -0.3 is 10.0 Å². The van der Waals surface area contributed by atoms with Crippen LogP contribution < -0.4 is 4.90 Å². The molecule has 0 unspecified atom stereocenters. The summed E-state index contributed by atoms with van der Waals surface area (Å²) in [6.07, 6.45) is 0.968. The molecular weight excluding hydrogens is 209 g/mol. The Labute approximate surface area is 94.5 Å². The third-order valence-corrected chi connectivity index (χ3v) is 2.42. The second-order valence-corrected chi connectivity index (χ2v) is 3.55. The first kappa shape index (κ1) is 12.5. The Balaban J connectivity index is 2.99. The summed E-state index contributed by atoms with van der Waals surface area (Å²) in [7, 11) is 0. The highest BCUT2D eigenvalue weighted by molar-refractivity contribution is 5.88. The molecule has 0 aromatic heterocycles. The minimum absolute atomic E-state index is 0.281. The van der Waals surface area contributed by atoms with Gasteiger partial charge >= 0.3 is 5.97 Å². The van der Waals surface area contributed by atoms with Crippen molar-refractivity contribution >= 4 is 11.7 Å². The normalized spacial score (nSPS) is 10.2. The Kier molecular flexibility index (Phi) is 4.28. The minimum atomic E-state index is -1.23. The predicted molar refractivity (Wildman–Crippen MR) is 61.5 cm³/mol. The number of anilines is 1. The van der Waals surface area contributed by atoms with Crippen molar-refractivity contribution < 1.29 is 14.3 Å². The molecule has 1 rings (SSSR count). The number of carbonyl (C=O) groups is 1.